The van der Waals surface area contributed by atoms with Gasteiger partial charge in [0.15, 0.2) is 0 Å². The van der Waals surface area contributed by atoms with Gasteiger partial charge in [-0.15, -0.1) is 0 Å². The molecule has 0 atom stereocenters. The molecule has 1 aromatic rings. The normalized spacial score (nSPS) is 10.6. The molecule has 1 rings (SSSR count). The van der Waals surface area contributed by atoms with Crippen LogP contribution in [0.15, 0.2) is 18.2 Å². The second kappa shape index (κ2) is 9.20. The number of hydrogen-bond acceptors (Lipinski definition) is 3. The van der Waals surface area contributed by atoms with Gasteiger partial charge in [-0.25, -0.2) is 0 Å². The summed E-state index contributed by atoms with van der Waals surface area (Å²) in [7, 11) is 0. The Hall–Kier alpha value is -0.770. The van der Waals surface area contributed by atoms with Crippen molar-refractivity contribution in [2.75, 3.05) is 26.4 Å². The first-order valence-corrected chi connectivity index (χ1v) is 6.86. The second-order valence-electron chi connectivity index (χ2n) is 3.95. The second-order valence-corrected chi connectivity index (χ2v) is 4.36. The molecular weight excluding hydrogens is 250 g/mol. The first-order chi connectivity index (χ1) is 8.79. The minimum atomic E-state index is 0.526. The van der Waals surface area contributed by atoms with E-state index in [2.05, 4.69) is 12.2 Å². The van der Waals surface area contributed by atoms with E-state index in [1.165, 1.54) is 0 Å². The highest BCUT2D eigenvalue weighted by Gasteiger charge is 2.07. The molecule has 0 saturated carbocycles. The maximum absolute atomic E-state index is 6.16. The predicted octanol–water partition coefficient (Wildman–Crippen LogP) is 3.25. The van der Waals surface area contributed by atoms with Crippen LogP contribution in [0.2, 0.25) is 5.02 Å². The minimum Gasteiger partial charge on any atom is -0.489 e. The average Bonchev–Trinajstić information content (AvgIpc) is 2.37. The molecule has 1 N–H and O–H groups in total. The van der Waals surface area contributed by atoms with Crippen LogP contribution in [0.4, 0.5) is 0 Å². The van der Waals surface area contributed by atoms with Gasteiger partial charge < -0.3 is 14.8 Å². The summed E-state index contributed by atoms with van der Waals surface area (Å²) >= 11 is 6.16. The molecule has 0 saturated heterocycles. The molecule has 0 amide bonds. The Morgan fingerprint density at radius 3 is 2.78 bits per heavy atom. The summed E-state index contributed by atoms with van der Waals surface area (Å²) in [5.41, 5.74) is 1.09. The van der Waals surface area contributed by atoms with E-state index in [0.717, 1.165) is 30.8 Å². The quantitative estimate of drug-likeness (QED) is 0.700. The zero-order valence-corrected chi connectivity index (χ0v) is 11.9. The number of nitrogens with one attached hydrogen (secondary N) is 1. The molecule has 0 fully saturated rings. The van der Waals surface area contributed by atoms with Crippen molar-refractivity contribution in [1.82, 2.24) is 5.32 Å². The maximum atomic E-state index is 6.16. The molecule has 0 spiro atoms. The highest BCUT2D eigenvalue weighted by atomic mass is 35.5. The molecule has 0 aliphatic carbocycles. The van der Waals surface area contributed by atoms with E-state index in [-0.39, 0.29) is 0 Å². The lowest BCUT2D eigenvalue weighted by Crippen LogP contribution is -2.15. The van der Waals surface area contributed by atoms with Crippen molar-refractivity contribution in [2.45, 2.75) is 26.8 Å². The van der Waals surface area contributed by atoms with Crippen LogP contribution in [0.5, 0.6) is 5.75 Å². The first-order valence-electron chi connectivity index (χ1n) is 6.48. The van der Waals surface area contributed by atoms with Crippen molar-refractivity contribution < 1.29 is 9.47 Å². The van der Waals surface area contributed by atoms with Crippen LogP contribution in [-0.4, -0.2) is 26.4 Å². The summed E-state index contributed by atoms with van der Waals surface area (Å²) in [5.74, 6) is 0.766. The molecule has 0 heterocycles. The minimum absolute atomic E-state index is 0.526. The van der Waals surface area contributed by atoms with E-state index in [0.29, 0.717) is 24.8 Å². The van der Waals surface area contributed by atoms with E-state index in [1.54, 1.807) is 0 Å². The van der Waals surface area contributed by atoms with Gasteiger partial charge in [0.2, 0.25) is 0 Å². The molecule has 0 aromatic heterocycles. The Bertz CT molecular complexity index is 345. The standard InChI is InChI=1S/C14H22ClNO2/c1-3-8-16-11-12-6-5-7-13(15)14(12)18-10-9-17-4-2/h5-7,16H,3-4,8-11H2,1-2H3. The molecule has 0 aliphatic rings. The summed E-state index contributed by atoms with van der Waals surface area (Å²) in [6.45, 7) is 7.70. The predicted molar refractivity (Wildman–Crippen MR) is 75.4 cm³/mol. The summed E-state index contributed by atoms with van der Waals surface area (Å²) in [4.78, 5) is 0. The molecule has 3 nitrogen and oxygen atoms in total. The molecule has 0 bridgehead atoms. The van der Waals surface area contributed by atoms with Crippen molar-refractivity contribution in [3.05, 3.63) is 28.8 Å². The van der Waals surface area contributed by atoms with Gasteiger partial charge in [0.05, 0.1) is 11.6 Å². The fourth-order valence-corrected chi connectivity index (χ4v) is 1.85. The third-order valence-electron chi connectivity index (χ3n) is 2.47. The smallest absolute Gasteiger partial charge is 0.142 e. The van der Waals surface area contributed by atoms with Gasteiger partial charge in [0, 0.05) is 18.7 Å². The van der Waals surface area contributed by atoms with Crippen LogP contribution >= 0.6 is 11.6 Å². The number of halogens is 1. The molecule has 18 heavy (non-hydrogen) atoms. The van der Waals surface area contributed by atoms with E-state index < -0.39 is 0 Å². The molecule has 102 valence electrons. The number of rotatable bonds is 9. The number of para-hydroxylation sites is 1. The molecular formula is C14H22ClNO2. The highest BCUT2D eigenvalue weighted by Crippen LogP contribution is 2.28. The Balaban J connectivity index is 2.56. The Kier molecular flexibility index (Phi) is 7.81. The SMILES string of the molecule is CCCNCc1cccc(Cl)c1OCCOCC. The number of hydrogen-bond donors (Lipinski definition) is 1. The van der Waals surface area contributed by atoms with Crippen molar-refractivity contribution in [3.63, 3.8) is 0 Å². The third kappa shape index (κ3) is 5.25. The van der Waals surface area contributed by atoms with Crippen LogP contribution < -0.4 is 10.1 Å². The van der Waals surface area contributed by atoms with E-state index in [4.69, 9.17) is 21.1 Å². The van der Waals surface area contributed by atoms with Crippen molar-refractivity contribution in [3.8, 4) is 5.75 Å². The fourth-order valence-electron chi connectivity index (χ4n) is 1.60. The van der Waals surface area contributed by atoms with E-state index >= 15 is 0 Å². The van der Waals surface area contributed by atoms with Gasteiger partial charge in [-0.3, -0.25) is 0 Å². The Labute approximate surface area is 114 Å². The largest absolute Gasteiger partial charge is 0.489 e. The summed E-state index contributed by atoms with van der Waals surface area (Å²) in [6.07, 6.45) is 1.11. The maximum Gasteiger partial charge on any atom is 0.142 e. The van der Waals surface area contributed by atoms with Gasteiger partial charge in [-0.05, 0) is 26.0 Å². The zero-order chi connectivity index (χ0) is 13.2. The average molecular weight is 272 g/mol. The molecule has 0 unspecified atom stereocenters. The van der Waals surface area contributed by atoms with Crippen LogP contribution in [0, 0.1) is 0 Å². The van der Waals surface area contributed by atoms with Crippen LogP contribution in [-0.2, 0) is 11.3 Å². The van der Waals surface area contributed by atoms with E-state index in [9.17, 15) is 0 Å². The van der Waals surface area contributed by atoms with Gasteiger partial charge >= 0.3 is 0 Å². The molecule has 0 radical (unpaired) electrons. The van der Waals surface area contributed by atoms with Gasteiger partial charge in [-0.2, -0.15) is 0 Å². The van der Waals surface area contributed by atoms with Gasteiger partial charge in [-0.1, -0.05) is 30.7 Å². The number of benzene rings is 1. The van der Waals surface area contributed by atoms with Gasteiger partial charge in [0.1, 0.15) is 12.4 Å². The highest BCUT2D eigenvalue weighted by molar-refractivity contribution is 6.32. The van der Waals surface area contributed by atoms with Crippen molar-refractivity contribution in [1.29, 1.82) is 0 Å². The number of ether oxygens (including phenoxy) is 2. The van der Waals surface area contributed by atoms with Crippen LogP contribution in [0.25, 0.3) is 0 Å². The fraction of sp³-hybridized carbons (Fsp3) is 0.571. The van der Waals surface area contributed by atoms with E-state index in [1.807, 2.05) is 25.1 Å². The monoisotopic (exact) mass is 271 g/mol. The summed E-state index contributed by atoms with van der Waals surface area (Å²) < 4.78 is 11.0. The molecule has 0 aliphatic heterocycles. The van der Waals surface area contributed by atoms with Crippen LogP contribution in [0.3, 0.4) is 0 Å². The Morgan fingerprint density at radius 2 is 2.06 bits per heavy atom. The first kappa shape index (κ1) is 15.3. The molecule has 4 heteroatoms. The van der Waals surface area contributed by atoms with Crippen LogP contribution in [0.1, 0.15) is 25.8 Å². The lowest BCUT2D eigenvalue weighted by Gasteiger charge is -2.13. The lowest BCUT2D eigenvalue weighted by atomic mass is 10.2. The lowest BCUT2D eigenvalue weighted by molar-refractivity contribution is 0.110. The topological polar surface area (TPSA) is 30.5 Å². The van der Waals surface area contributed by atoms with Crippen molar-refractivity contribution >= 4 is 11.6 Å². The summed E-state index contributed by atoms with van der Waals surface area (Å²) in [6, 6.07) is 5.83. The van der Waals surface area contributed by atoms with Gasteiger partial charge in [0.25, 0.3) is 0 Å². The molecule has 1 aromatic carbocycles. The Morgan fingerprint density at radius 1 is 1.22 bits per heavy atom. The zero-order valence-electron chi connectivity index (χ0n) is 11.2. The third-order valence-corrected chi connectivity index (χ3v) is 2.77. The van der Waals surface area contributed by atoms with Crippen molar-refractivity contribution in [2.24, 2.45) is 0 Å². The summed E-state index contributed by atoms with van der Waals surface area (Å²) in [5, 5.41) is 4.01.